The van der Waals surface area contributed by atoms with Crippen molar-refractivity contribution in [2.45, 2.75) is 26.3 Å². The molecule has 1 atom stereocenters. The van der Waals surface area contributed by atoms with E-state index < -0.39 is 0 Å². The molecule has 0 saturated heterocycles. The summed E-state index contributed by atoms with van der Waals surface area (Å²) in [7, 11) is 0. The van der Waals surface area contributed by atoms with Gasteiger partial charge in [0.25, 0.3) is 0 Å². The summed E-state index contributed by atoms with van der Waals surface area (Å²) in [5, 5.41) is 3.63. The van der Waals surface area contributed by atoms with Crippen molar-refractivity contribution in [1.29, 1.82) is 0 Å². The highest BCUT2D eigenvalue weighted by molar-refractivity contribution is 9.11. The maximum atomic E-state index is 3.63. The molecule has 0 fully saturated rings. The first-order valence-electron chi connectivity index (χ1n) is 6.86. The first-order chi connectivity index (χ1) is 9.60. The standard InChI is InChI=1S/C17H19Br2N/c1-3-8-20-17(13-6-4-12(2)5-7-13)14-9-15(18)11-16(19)10-14/h4-7,9-11,17,20H,3,8H2,1-2H3. The van der Waals surface area contributed by atoms with Gasteiger partial charge in [0.2, 0.25) is 0 Å². The first-order valence-corrected chi connectivity index (χ1v) is 8.44. The largest absolute Gasteiger partial charge is 0.306 e. The Morgan fingerprint density at radius 2 is 1.55 bits per heavy atom. The van der Waals surface area contributed by atoms with Gasteiger partial charge in [-0.15, -0.1) is 0 Å². The van der Waals surface area contributed by atoms with Crippen LogP contribution in [0.3, 0.4) is 0 Å². The number of aryl methyl sites for hydroxylation is 1. The molecule has 1 nitrogen and oxygen atoms in total. The van der Waals surface area contributed by atoms with E-state index in [1.54, 1.807) is 0 Å². The molecule has 0 aliphatic rings. The van der Waals surface area contributed by atoms with Gasteiger partial charge in [-0.2, -0.15) is 0 Å². The van der Waals surface area contributed by atoms with E-state index in [1.807, 2.05) is 0 Å². The SMILES string of the molecule is CCCNC(c1ccc(C)cc1)c1cc(Br)cc(Br)c1. The van der Waals surface area contributed by atoms with Gasteiger partial charge < -0.3 is 5.32 Å². The zero-order valence-corrected chi connectivity index (χ0v) is 15.0. The van der Waals surface area contributed by atoms with Crippen molar-refractivity contribution in [3.63, 3.8) is 0 Å². The molecule has 2 aromatic rings. The van der Waals surface area contributed by atoms with Crippen molar-refractivity contribution in [2.24, 2.45) is 0 Å². The van der Waals surface area contributed by atoms with E-state index in [0.29, 0.717) is 0 Å². The van der Waals surface area contributed by atoms with Crippen LogP contribution in [0, 0.1) is 6.92 Å². The third kappa shape index (κ3) is 4.18. The van der Waals surface area contributed by atoms with Crippen LogP contribution in [0.15, 0.2) is 51.4 Å². The summed E-state index contributed by atoms with van der Waals surface area (Å²) in [6.07, 6.45) is 1.12. The molecule has 0 aromatic heterocycles. The van der Waals surface area contributed by atoms with Crippen molar-refractivity contribution < 1.29 is 0 Å². The molecule has 0 aliphatic heterocycles. The molecule has 2 rings (SSSR count). The van der Waals surface area contributed by atoms with Crippen molar-refractivity contribution in [3.05, 3.63) is 68.1 Å². The second kappa shape index (κ2) is 7.39. The van der Waals surface area contributed by atoms with Gasteiger partial charge in [-0.1, -0.05) is 68.6 Å². The fourth-order valence-electron chi connectivity index (χ4n) is 2.22. The van der Waals surface area contributed by atoms with Crippen LogP contribution < -0.4 is 5.32 Å². The highest BCUT2D eigenvalue weighted by Gasteiger charge is 2.14. The molecule has 0 radical (unpaired) electrons. The fraction of sp³-hybridized carbons (Fsp3) is 0.294. The lowest BCUT2D eigenvalue weighted by Crippen LogP contribution is -2.23. The van der Waals surface area contributed by atoms with Crippen molar-refractivity contribution >= 4 is 31.9 Å². The maximum absolute atomic E-state index is 3.63. The van der Waals surface area contributed by atoms with E-state index in [9.17, 15) is 0 Å². The number of benzene rings is 2. The van der Waals surface area contributed by atoms with Crippen LogP contribution >= 0.6 is 31.9 Å². The average molecular weight is 397 g/mol. The second-order valence-corrected chi connectivity index (χ2v) is 6.83. The monoisotopic (exact) mass is 395 g/mol. The third-order valence-corrected chi connectivity index (χ3v) is 4.14. The number of nitrogens with one attached hydrogen (secondary N) is 1. The zero-order chi connectivity index (χ0) is 14.5. The number of hydrogen-bond donors (Lipinski definition) is 1. The third-order valence-electron chi connectivity index (χ3n) is 3.23. The van der Waals surface area contributed by atoms with Crippen LogP contribution in [0.1, 0.15) is 36.1 Å². The van der Waals surface area contributed by atoms with E-state index in [2.05, 4.69) is 93.5 Å². The van der Waals surface area contributed by atoms with Gasteiger partial charge in [-0.3, -0.25) is 0 Å². The van der Waals surface area contributed by atoms with E-state index in [0.717, 1.165) is 21.9 Å². The Kier molecular flexibility index (Phi) is 5.82. The molecule has 0 saturated carbocycles. The molecule has 0 aliphatic carbocycles. The Balaban J connectivity index is 2.38. The minimum atomic E-state index is 0.226. The Hall–Kier alpha value is -0.640. The highest BCUT2D eigenvalue weighted by atomic mass is 79.9. The molecule has 0 heterocycles. The summed E-state index contributed by atoms with van der Waals surface area (Å²) in [5.41, 5.74) is 3.86. The van der Waals surface area contributed by atoms with Crippen LogP contribution in [0.4, 0.5) is 0 Å². The molecule has 1 unspecified atom stereocenters. The summed E-state index contributed by atoms with van der Waals surface area (Å²) >= 11 is 7.15. The first kappa shape index (κ1) is 15.7. The van der Waals surface area contributed by atoms with Crippen molar-refractivity contribution in [2.75, 3.05) is 6.54 Å². The topological polar surface area (TPSA) is 12.0 Å². The van der Waals surface area contributed by atoms with E-state index >= 15 is 0 Å². The van der Waals surface area contributed by atoms with Gasteiger partial charge >= 0.3 is 0 Å². The van der Waals surface area contributed by atoms with Gasteiger partial charge in [0.1, 0.15) is 0 Å². The molecule has 0 amide bonds. The fourth-order valence-corrected chi connectivity index (χ4v) is 3.55. The van der Waals surface area contributed by atoms with Crippen LogP contribution in [-0.2, 0) is 0 Å². The van der Waals surface area contributed by atoms with Gasteiger partial charge in [0.15, 0.2) is 0 Å². The summed E-state index contributed by atoms with van der Waals surface area (Å²) in [6.45, 7) is 5.31. The quantitative estimate of drug-likeness (QED) is 0.692. The molecular formula is C17H19Br2N. The lowest BCUT2D eigenvalue weighted by Gasteiger charge is -2.20. The Labute approximate surface area is 138 Å². The molecule has 0 spiro atoms. The molecule has 1 N–H and O–H groups in total. The number of rotatable bonds is 5. The Morgan fingerprint density at radius 3 is 2.10 bits per heavy atom. The van der Waals surface area contributed by atoms with Crippen LogP contribution in [0.5, 0.6) is 0 Å². The molecule has 106 valence electrons. The summed E-state index contributed by atoms with van der Waals surface area (Å²) < 4.78 is 2.19. The summed E-state index contributed by atoms with van der Waals surface area (Å²) in [6, 6.07) is 15.4. The van der Waals surface area contributed by atoms with Gasteiger partial charge in [0, 0.05) is 8.95 Å². The van der Waals surface area contributed by atoms with E-state index in [-0.39, 0.29) is 6.04 Å². The lowest BCUT2D eigenvalue weighted by atomic mass is 9.98. The summed E-state index contributed by atoms with van der Waals surface area (Å²) in [5.74, 6) is 0. The van der Waals surface area contributed by atoms with Crippen LogP contribution in [0.2, 0.25) is 0 Å². The highest BCUT2D eigenvalue weighted by Crippen LogP contribution is 2.28. The Bertz CT molecular complexity index is 543. The predicted molar refractivity (Wildman–Crippen MR) is 93.2 cm³/mol. The lowest BCUT2D eigenvalue weighted by molar-refractivity contribution is 0.598. The predicted octanol–water partition coefficient (Wildman–Crippen LogP) is 5.61. The average Bonchev–Trinajstić information content (AvgIpc) is 2.40. The molecule has 3 heteroatoms. The van der Waals surface area contributed by atoms with Crippen molar-refractivity contribution in [1.82, 2.24) is 5.32 Å². The van der Waals surface area contributed by atoms with E-state index in [1.165, 1.54) is 16.7 Å². The Morgan fingerprint density at radius 1 is 0.950 bits per heavy atom. The van der Waals surface area contributed by atoms with E-state index in [4.69, 9.17) is 0 Å². The normalized spacial score (nSPS) is 12.4. The van der Waals surface area contributed by atoms with Gasteiger partial charge in [-0.25, -0.2) is 0 Å². The second-order valence-electron chi connectivity index (χ2n) is 5.00. The minimum Gasteiger partial charge on any atom is -0.306 e. The van der Waals surface area contributed by atoms with Crippen LogP contribution in [0.25, 0.3) is 0 Å². The molecule has 0 bridgehead atoms. The number of halogens is 2. The molecule has 2 aromatic carbocycles. The summed E-state index contributed by atoms with van der Waals surface area (Å²) in [4.78, 5) is 0. The van der Waals surface area contributed by atoms with Gasteiger partial charge in [0.05, 0.1) is 6.04 Å². The molecule has 20 heavy (non-hydrogen) atoms. The molecular weight excluding hydrogens is 378 g/mol. The maximum Gasteiger partial charge on any atom is 0.0577 e. The smallest absolute Gasteiger partial charge is 0.0577 e. The van der Waals surface area contributed by atoms with Crippen molar-refractivity contribution in [3.8, 4) is 0 Å². The van der Waals surface area contributed by atoms with Crippen LogP contribution in [-0.4, -0.2) is 6.54 Å². The number of hydrogen-bond acceptors (Lipinski definition) is 1. The van der Waals surface area contributed by atoms with Gasteiger partial charge in [-0.05, 0) is 49.2 Å². The zero-order valence-electron chi connectivity index (χ0n) is 11.8. The minimum absolute atomic E-state index is 0.226.